The van der Waals surface area contributed by atoms with Crippen molar-refractivity contribution in [1.29, 1.82) is 0 Å². The van der Waals surface area contributed by atoms with Gasteiger partial charge in [-0.2, -0.15) is 4.98 Å². The highest BCUT2D eigenvalue weighted by molar-refractivity contribution is 7.91. The number of nitrogens with one attached hydrogen (secondary N) is 1. The smallest absolute Gasteiger partial charge is 0.227 e. The molecule has 3 aliphatic heterocycles. The normalized spacial score (nSPS) is 23.7. The number of carbonyl (C=O) groups excluding carboxylic acids is 1. The van der Waals surface area contributed by atoms with Crippen LogP contribution in [0.5, 0.6) is 0 Å². The van der Waals surface area contributed by atoms with Gasteiger partial charge in [0, 0.05) is 57.3 Å². The molecule has 0 aliphatic carbocycles. The first-order chi connectivity index (χ1) is 14.5. The first kappa shape index (κ1) is 21.3. The van der Waals surface area contributed by atoms with Crippen molar-refractivity contribution in [3.8, 4) is 0 Å². The number of hydrogen-bond acceptors (Lipinski definition) is 8. The van der Waals surface area contributed by atoms with Gasteiger partial charge < -0.3 is 19.9 Å². The largest absolute Gasteiger partial charge is 0.378 e. The number of ether oxygens (including phenoxy) is 1. The summed E-state index contributed by atoms with van der Waals surface area (Å²) in [4.78, 5) is 26.2. The van der Waals surface area contributed by atoms with Gasteiger partial charge in [-0.15, -0.1) is 0 Å². The summed E-state index contributed by atoms with van der Waals surface area (Å²) in [5.74, 6) is 1.90. The second kappa shape index (κ2) is 9.47. The Balaban J connectivity index is 1.36. The standard InChI is InChI=1S/C20H31N5O4S/c26-19(13-16-4-12-30(27,28)15-16)21-5-3-17-14-18(24-8-10-29-11-9-24)23-20(22-17)25-6-1-2-7-25/h14,16H,1-13,15H2,(H,21,26)/t16-/m0/s1. The number of morpholine rings is 1. The van der Waals surface area contributed by atoms with E-state index in [0.29, 0.717) is 32.6 Å². The first-order valence-corrected chi connectivity index (χ1v) is 12.7. The van der Waals surface area contributed by atoms with E-state index in [1.807, 2.05) is 6.07 Å². The third-order valence-electron chi connectivity index (χ3n) is 5.98. The molecule has 0 spiro atoms. The van der Waals surface area contributed by atoms with E-state index >= 15 is 0 Å². The Morgan fingerprint density at radius 3 is 2.60 bits per heavy atom. The molecule has 0 unspecified atom stereocenters. The van der Waals surface area contributed by atoms with Crippen molar-refractivity contribution in [3.05, 3.63) is 11.8 Å². The summed E-state index contributed by atoms with van der Waals surface area (Å²) in [5.41, 5.74) is 0.914. The van der Waals surface area contributed by atoms with Gasteiger partial charge in [-0.3, -0.25) is 4.79 Å². The molecule has 9 nitrogen and oxygen atoms in total. The van der Waals surface area contributed by atoms with Gasteiger partial charge >= 0.3 is 0 Å². The van der Waals surface area contributed by atoms with E-state index in [1.165, 1.54) is 0 Å². The minimum atomic E-state index is -2.95. The van der Waals surface area contributed by atoms with Crippen molar-refractivity contribution in [2.75, 3.05) is 67.2 Å². The molecule has 166 valence electrons. The zero-order valence-electron chi connectivity index (χ0n) is 17.4. The summed E-state index contributed by atoms with van der Waals surface area (Å²) >= 11 is 0. The van der Waals surface area contributed by atoms with Crippen LogP contribution < -0.4 is 15.1 Å². The fraction of sp³-hybridized carbons (Fsp3) is 0.750. The molecule has 0 bridgehead atoms. The van der Waals surface area contributed by atoms with E-state index in [9.17, 15) is 13.2 Å². The van der Waals surface area contributed by atoms with Crippen molar-refractivity contribution in [1.82, 2.24) is 15.3 Å². The lowest BCUT2D eigenvalue weighted by atomic mass is 10.1. The van der Waals surface area contributed by atoms with Crippen molar-refractivity contribution in [2.24, 2.45) is 5.92 Å². The van der Waals surface area contributed by atoms with Gasteiger partial charge in [-0.1, -0.05) is 0 Å². The molecule has 0 saturated carbocycles. The van der Waals surface area contributed by atoms with Crippen molar-refractivity contribution >= 4 is 27.5 Å². The predicted molar refractivity (Wildman–Crippen MR) is 115 cm³/mol. The first-order valence-electron chi connectivity index (χ1n) is 10.9. The van der Waals surface area contributed by atoms with Crippen molar-refractivity contribution < 1.29 is 17.9 Å². The molecule has 3 fully saturated rings. The number of carbonyl (C=O) groups is 1. The van der Waals surface area contributed by atoms with Crippen LogP contribution in [0.15, 0.2) is 6.07 Å². The zero-order valence-corrected chi connectivity index (χ0v) is 18.2. The fourth-order valence-electron chi connectivity index (χ4n) is 4.31. The minimum Gasteiger partial charge on any atom is -0.378 e. The summed E-state index contributed by atoms with van der Waals surface area (Å²) in [5, 5.41) is 2.93. The predicted octanol–water partition coefficient (Wildman–Crippen LogP) is 0.397. The van der Waals surface area contributed by atoms with E-state index in [1.54, 1.807) is 0 Å². The summed E-state index contributed by atoms with van der Waals surface area (Å²) < 4.78 is 28.6. The van der Waals surface area contributed by atoms with E-state index in [-0.39, 0.29) is 29.8 Å². The molecule has 30 heavy (non-hydrogen) atoms. The molecular weight excluding hydrogens is 406 g/mol. The Bertz CT molecular complexity index is 851. The molecule has 4 rings (SSSR count). The van der Waals surface area contributed by atoms with Gasteiger partial charge in [0.15, 0.2) is 9.84 Å². The van der Waals surface area contributed by atoms with Crippen LogP contribution in [-0.2, 0) is 25.8 Å². The van der Waals surface area contributed by atoms with Crippen LogP contribution in [0.3, 0.4) is 0 Å². The van der Waals surface area contributed by atoms with Gasteiger partial charge in [-0.05, 0) is 25.2 Å². The quantitative estimate of drug-likeness (QED) is 0.654. The van der Waals surface area contributed by atoms with Crippen LogP contribution in [-0.4, -0.2) is 81.7 Å². The number of sulfone groups is 1. The third kappa shape index (κ3) is 5.60. The van der Waals surface area contributed by atoms with Gasteiger partial charge in [0.1, 0.15) is 5.82 Å². The van der Waals surface area contributed by atoms with E-state index in [4.69, 9.17) is 14.7 Å². The maximum Gasteiger partial charge on any atom is 0.227 e. The zero-order chi connectivity index (χ0) is 21.0. The fourth-order valence-corrected chi connectivity index (χ4v) is 6.17. The molecule has 1 amide bonds. The monoisotopic (exact) mass is 437 g/mol. The Hall–Kier alpha value is -1.94. The maximum absolute atomic E-state index is 12.2. The van der Waals surface area contributed by atoms with Gasteiger partial charge in [-0.25, -0.2) is 13.4 Å². The van der Waals surface area contributed by atoms with Crippen LogP contribution in [0.4, 0.5) is 11.8 Å². The Kier molecular flexibility index (Phi) is 6.72. The van der Waals surface area contributed by atoms with Gasteiger partial charge in [0.25, 0.3) is 0 Å². The van der Waals surface area contributed by atoms with Crippen LogP contribution in [0.2, 0.25) is 0 Å². The number of aromatic nitrogens is 2. The van der Waals surface area contributed by atoms with Gasteiger partial charge in [0.2, 0.25) is 11.9 Å². The highest BCUT2D eigenvalue weighted by atomic mass is 32.2. The summed E-state index contributed by atoms with van der Waals surface area (Å²) in [6, 6.07) is 2.01. The molecule has 3 aliphatic rings. The van der Waals surface area contributed by atoms with Crippen LogP contribution in [0.1, 0.15) is 31.4 Å². The average molecular weight is 438 g/mol. The molecule has 10 heteroatoms. The summed E-state index contributed by atoms with van der Waals surface area (Å²) in [6.07, 6.45) is 3.81. The molecule has 0 radical (unpaired) electrons. The second-order valence-electron chi connectivity index (χ2n) is 8.38. The lowest BCUT2D eigenvalue weighted by Crippen LogP contribution is -2.37. The molecule has 1 atom stereocenters. The summed E-state index contributed by atoms with van der Waals surface area (Å²) in [7, 11) is -2.95. The second-order valence-corrected chi connectivity index (χ2v) is 10.6. The Morgan fingerprint density at radius 2 is 1.90 bits per heavy atom. The lowest BCUT2D eigenvalue weighted by molar-refractivity contribution is -0.121. The molecule has 0 aromatic carbocycles. The third-order valence-corrected chi connectivity index (χ3v) is 7.82. The number of hydrogen-bond donors (Lipinski definition) is 1. The highest BCUT2D eigenvalue weighted by Gasteiger charge is 2.29. The van der Waals surface area contributed by atoms with Gasteiger partial charge in [0.05, 0.1) is 24.7 Å². The maximum atomic E-state index is 12.2. The molecule has 1 aromatic rings. The topological polar surface area (TPSA) is 105 Å². The summed E-state index contributed by atoms with van der Waals surface area (Å²) in [6.45, 7) is 5.47. The molecule has 1 N–H and O–H groups in total. The minimum absolute atomic E-state index is 0.0521. The van der Waals surface area contributed by atoms with Crippen LogP contribution in [0.25, 0.3) is 0 Å². The van der Waals surface area contributed by atoms with E-state index < -0.39 is 9.84 Å². The number of nitrogens with zero attached hydrogens (tertiary/aromatic N) is 4. The number of rotatable bonds is 7. The average Bonchev–Trinajstić information content (AvgIpc) is 3.38. The molecule has 4 heterocycles. The highest BCUT2D eigenvalue weighted by Crippen LogP contribution is 2.23. The van der Waals surface area contributed by atoms with E-state index in [0.717, 1.165) is 56.5 Å². The van der Waals surface area contributed by atoms with Crippen molar-refractivity contribution in [3.63, 3.8) is 0 Å². The molecule has 3 saturated heterocycles. The molecular formula is C20H31N5O4S. The number of amides is 1. The van der Waals surface area contributed by atoms with Crippen molar-refractivity contribution in [2.45, 2.75) is 32.1 Å². The Morgan fingerprint density at radius 1 is 1.13 bits per heavy atom. The molecule has 1 aromatic heterocycles. The number of anilines is 2. The van der Waals surface area contributed by atoms with Crippen LogP contribution >= 0.6 is 0 Å². The van der Waals surface area contributed by atoms with E-state index in [2.05, 4.69) is 15.1 Å². The SMILES string of the molecule is O=C(C[C@@H]1CCS(=O)(=O)C1)NCCc1cc(N2CCOCC2)nc(N2CCCC2)n1. The van der Waals surface area contributed by atoms with Crippen LogP contribution in [0, 0.1) is 5.92 Å². The Labute approximate surface area is 178 Å². The lowest BCUT2D eigenvalue weighted by Gasteiger charge is -2.29.